The van der Waals surface area contributed by atoms with Crippen LogP contribution in [-0.4, -0.2) is 42.4 Å². The van der Waals surface area contributed by atoms with Crippen molar-refractivity contribution in [3.63, 3.8) is 0 Å². The molecule has 0 radical (unpaired) electrons. The Morgan fingerprint density at radius 2 is 1.91 bits per heavy atom. The Labute approximate surface area is 130 Å². The van der Waals surface area contributed by atoms with Crippen molar-refractivity contribution in [2.75, 3.05) is 32.7 Å². The van der Waals surface area contributed by atoms with E-state index in [4.69, 9.17) is 14.6 Å². The number of benzene rings is 1. The Hall–Kier alpha value is -2.29. The van der Waals surface area contributed by atoms with Crippen LogP contribution in [0.2, 0.25) is 0 Å². The normalized spacial score (nSPS) is 11.6. The van der Waals surface area contributed by atoms with Gasteiger partial charge in [0.25, 0.3) is 0 Å². The van der Waals surface area contributed by atoms with Crippen LogP contribution in [0.15, 0.2) is 12.1 Å². The van der Waals surface area contributed by atoms with Gasteiger partial charge in [0.15, 0.2) is 11.5 Å². The van der Waals surface area contributed by atoms with Crippen molar-refractivity contribution in [1.82, 2.24) is 9.97 Å². The first-order chi connectivity index (χ1) is 10.9. The smallest absolute Gasteiger partial charge is 0.451 e. The van der Waals surface area contributed by atoms with E-state index >= 15 is 0 Å². The van der Waals surface area contributed by atoms with Gasteiger partial charge >= 0.3 is 6.18 Å². The van der Waals surface area contributed by atoms with E-state index in [2.05, 4.69) is 15.3 Å². The first kappa shape index (κ1) is 17.1. The molecule has 1 aromatic heterocycles. The molecule has 0 aliphatic carbocycles. The van der Waals surface area contributed by atoms with Crippen LogP contribution < -0.4 is 14.8 Å². The van der Waals surface area contributed by atoms with Crippen LogP contribution in [-0.2, 0) is 6.18 Å². The minimum absolute atomic E-state index is 0.000624. The summed E-state index contributed by atoms with van der Waals surface area (Å²) < 4.78 is 49.3. The number of nitrogens with zero attached hydrogens (tertiary/aromatic N) is 2. The summed E-state index contributed by atoms with van der Waals surface area (Å²) in [4.78, 5) is 7.13. The van der Waals surface area contributed by atoms with Crippen molar-refractivity contribution >= 4 is 16.7 Å². The van der Waals surface area contributed by atoms with Crippen molar-refractivity contribution in [3.8, 4) is 11.5 Å². The van der Waals surface area contributed by atoms with Crippen molar-refractivity contribution in [3.05, 3.63) is 18.0 Å². The third kappa shape index (κ3) is 3.55. The number of hydrogen-bond donors (Lipinski definition) is 2. The number of rotatable bonds is 6. The van der Waals surface area contributed by atoms with Crippen molar-refractivity contribution in [1.29, 1.82) is 0 Å². The van der Waals surface area contributed by atoms with Crippen LogP contribution in [0.3, 0.4) is 0 Å². The van der Waals surface area contributed by atoms with Gasteiger partial charge in [0, 0.05) is 18.5 Å². The van der Waals surface area contributed by atoms with E-state index in [1.165, 1.54) is 14.2 Å². The van der Waals surface area contributed by atoms with E-state index in [0.717, 1.165) is 0 Å². The van der Waals surface area contributed by atoms with Gasteiger partial charge in [-0.3, -0.25) is 0 Å². The Bertz CT molecular complexity index is 692. The summed E-state index contributed by atoms with van der Waals surface area (Å²) in [5, 5.41) is 12.0. The van der Waals surface area contributed by atoms with E-state index in [-0.39, 0.29) is 36.0 Å². The second-order valence-electron chi connectivity index (χ2n) is 4.59. The fraction of sp³-hybridized carbons (Fsp3) is 0.429. The summed E-state index contributed by atoms with van der Waals surface area (Å²) in [5.41, 5.74) is 0.000624. The zero-order valence-corrected chi connectivity index (χ0v) is 12.6. The zero-order chi connectivity index (χ0) is 17.0. The van der Waals surface area contributed by atoms with Crippen LogP contribution in [0.1, 0.15) is 12.2 Å². The molecule has 0 aliphatic heterocycles. The zero-order valence-electron chi connectivity index (χ0n) is 12.6. The fourth-order valence-electron chi connectivity index (χ4n) is 2.06. The average molecular weight is 331 g/mol. The molecule has 0 aliphatic rings. The third-order valence-corrected chi connectivity index (χ3v) is 3.09. The van der Waals surface area contributed by atoms with Gasteiger partial charge in [0.2, 0.25) is 5.82 Å². The number of hydrogen-bond acceptors (Lipinski definition) is 6. The maximum Gasteiger partial charge on any atom is 0.451 e. The van der Waals surface area contributed by atoms with Gasteiger partial charge in [-0.25, -0.2) is 9.97 Å². The van der Waals surface area contributed by atoms with E-state index in [1.807, 2.05) is 0 Å². The lowest BCUT2D eigenvalue weighted by Crippen LogP contribution is -2.15. The second-order valence-corrected chi connectivity index (χ2v) is 4.59. The van der Waals surface area contributed by atoms with Crippen LogP contribution in [0.4, 0.5) is 19.0 Å². The van der Waals surface area contributed by atoms with Gasteiger partial charge in [-0.1, -0.05) is 0 Å². The molecule has 2 aromatic rings. The summed E-state index contributed by atoms with van der Waals surface area (Å²) in [7, 11) is 2.71. The number of alkyl halides is 3. The highest BCUT2D eigenvalue weighted by Crippen LogP contribution is 2.38. The first-order valence-electron chi connectivity index (χ1n) is 6.77. The molecule has 0 saturated heterocycles. The van der Waals surface area contributed by atoms with Crippen LogP contribution in [0, 0.1) is 0 Å². The quantitative estimate of drug-likeness (QED) is 0.792. The number of nitrogens with one attached hydrogen (secondary N) is 1. The molecule has 0 bridgehead atoms. The first-order valence-corrected chi connectivity index (χ1v) is 6.77. The van der Waals surface area contributed by atoms with Gasteiger partial charge in [-0.2, -0.15) is 13.2 Å². The van der Waals surface area contributed by atoms with E-state index < -0.39 is 12.0 Å². The molecule has 0 fully saturated rings. The third-order valence-electron chi connectivity index (χ3n) is 3.09. The summed E-state index contributed by atoms with van der Waals surface area (Å²) in [5.74, 6) is -0.879. The predicted octanol–water partition coefficient (Wildman–Crippen LogP) is 2.46. The lowest BCUT2D eigenvalue weighted by atomic mass is 10.2. The highest BCUT2D eigenvalue weighted by atomic mass is 19.4. The molecule has 126 valence electrons. The monoisotopic (exact) mass is 331 g/mol. The topological polar surface area (TPSA) is 76.5 Å². The SMILES string of the molecule is COc1ccc2c(NCCCO)nc(C(F)(F)F)nc2c1OC. The summed E-state index contributed by atoms with van der Waals surface area (Å²) in [6, 6.07) is 3.12. The van der Waals surface area contributed by atoms with Crippen LogP contribution in [0.25, 0.3) is 10.9 Å². The molecule has 1 aromatic carbocycles. The van der Waals surface area contributed by atoms with Gasteiger partial charge in [0.05, 0.1) is 14.2 Å². The van der Waals surface area contributed by atoms with Gasteiger partial charge in [0.1, 0.15) is 11.3 Å². The Balaban J connectivity index is 2.67. The molecule has 2 rings (SSSR count). The summed E-state index contributed by atoms with van der Waals surface area (Å²) in [6.45, 7) is 0.188. The number of aliphatic hydroxyl groups excluding tert-OH is 1. The number of methoxy groups -OCH3 is 2. The molecular weight excluding hydrogens is 315 g/mol. The molecule has 2 N–H and O–H groups in total. The minimum Gasteiger partial charge on any atom is -0.493 e. The number of ether oxygens (including phenoxy) is 2. The molecular formula is C14H16F3N3O3. The lowest BCUT2D eigenvalue weighted by molar-refractivity contribution is -0.144. The highest BCUT2D eigenvalue weighted by Gasteiger charge is 2.36. The lowest BCUT2D eigenvalue weighted by Gasteiger charge is -2.15. The van der Waals surface area contributed by atoms with Gasteiger partial charge in [-0.15, -0.1) is 0 Å². The average Bonchev–Trinajstić information content (AvgIpc) is 2.52. The molecule has 6 nitrogen and oxygen atoms in total. The van der Waals surface area contributed by atoms with Crippen LogP contribution in [0.5, 0.6) is 11.5 Å². The van der Waals surface area contributed by atoms with E-state index in [9.17, 15) is 13.2 Å². The number of aromatic nitrogens is 2. The molecule has 1 heterocycles. The molecule has 0 spiro atoms. The van der Waals surface area contributed by atoms with E-state index in [0.29, 0.717) is 11.8 Å². The Morgan fingerprint density at radius 3 is 2.48 bits per heavy atom. The highest BCUT2D eigenvalue weighted by molar-refractivity contribution is 5.95. The fourth-order valence-corrected chi connectivity index (χ4v) is 2.06. The number of aliphatic hydroxyl groups is 1. The molecule has 0 atom stereocenters. The van der Waals surface area contributed by atoms with Gasteiger partial charge in [-0.05, 0) is 18.6 Å². The molecule has 9 heteroatoms. The maximum atomic E-state index is 13.0. The maximum absolute atomic E-state index is 13.0. The Kier molecular flexibility index (Phi) is 5.09. The largest absolute Gasteiger partial charge is 0.493 e. The Morgan fingerprint density at radius 1 is 1.17 bits per heavy atom. The molecule has 0 saturated carbocycles. The molecule has 0 unspecified atom stereocenters. The summed E-state index contributed by atoms with van der Waals surface area (Å²) >= 11 is 0. The molecule has 0 amide bonds. The second kappa shape index (κ2) is 6.86. The van der Waals surface area contributed by atoms with Crippen molar-refractivity contribution in [2.24, 2.45) is 0 Å². The van der Waals surface area contributed by atoms with Crippen LogP contribution >= 0.6 is 0 Å². The predicted molar refractivity (Wildman–Crippen MR) is 77.8 cm³/mol. The number of halogens is 3. The molecule has 23 heavy (non-hydrogen) atoms. The minimum atomic E-state index is -4.70. The van der Waals surface area contributed by atoms with Crippen molar-refractivity contribution in [2.45, 2.75) is 12.6 Å². The van der Waals surface area contributed by atoms with E-state index in [1.54, 1.807) is 12.1 Å². The van der Waals surface area contributed by atoms with Gasteiger partial charge < -0.3 is 19.9 Å². The summed E-state index contributed by atoms with van der Waals surface area (Å²) in [6.07, 6.45) is -4.32. The number of anilines is 1. The standard InChI is InChI=1S/C14H16F3N3O3/c1-22-9-5-4-8-10(11(9)23-2)19-13(14(15,16)17)20-12(8)18-6-3-7-21/h4-5,21H,3,6-7H2,1-2H3,(H,18,19,20). The number of fused-ring (bicyclic) bond motifs is 1. The van der Waals surface area contributed by atoms with Crippen molar-refractivity contribution < 1.29 is 27.8 Å².